The minimum Gasteiger partial charge on any atom is -0.496 e. The van der Waals surface area contributed by atoms with Crippen LogP contribution in [0.1, 0.15) is 34.1 Å². The van der Waals surface area contributed by atoms with Crippen LogP contribution in [0.5, 0.6) is 5.75 Å². The molecule has 2 N–H and O–H groups in total. The number of nitrogens with two attached hydrogens (primary N) is 1. The summed E-state index contributed by atoms with van der Waals surface area (Å²) in [5, 5.41) is 4.36. The molecule has 2 rings (SSSR count). The van der Waals surface area contributed by atoms with E-state index in [0.29, 0.717) is 0 Å². The number of aromatic nitrogens is 2. The molecule has 1 unspecified atom stereocenters. The Morgan fingerprint density at radius 3 is 2.42 bits per heavy atom. The average molecular weight is 259 g/mol. The summed E-state index contributed by atoms with van der Waals surface area (Å²) in [6, 6.07) is 5.93. The van der Waals surface area contributed by atoms with Gasteiger partial charge in [-0.3, -0.25) is 4.68 Å². The Bertz CT molecular complexity index is 602. The Kier molecular flexibility index (Phi) is 3.62. The smallest absolute Gasteiger partial charge is 0.124 e. The molecule has 102 valence electrons. The molecule has 0 aliphatic heterocycles. The van der Waals surface area contributed by atoms with E-state index in [1.54, 1.807) is 7.11 Å². The van der Waals surface area contributed by atoms with Crippen molar-refractivity contribution in [2.24, 2.45) is 12.8 Å². The average Bonchev–Trinajstić information content (AvgIpc) is 2.66. The maximum absolute atomic E-state index is 6.42. The van der Waals surface area contributed by atoms with E-state index in [4.69, 9.17) is 10.5 Å². The van der Waals surface area contributed by atoms with Crippen LogP contribution in [-0.2, 0) is 7.05 Å². The molecule has 1 heterocycles. The molecule has 4 nitrogen and oxygen atoms in total. The summed E-state index contributed by atoms with van der Waals surface area (Å²) < 4.78 is 7.32. The van der Waals surface area contributed by atoms with Crippen molar-refractivity contribution in [2.45, 2.75) is 26.8 Å². The van der Waals surface area contributed by atoms with Crippen molar-refractivity contribution in [3.8, 4) is 5.75 Å². The van der Waals surface area contributed by atoms with E-state index < -0.39 is 0 Å². The van der Waals surface area contributed by atoms with Gasteiger partial charge in [0.05, 0.1) is 24.5 Å². The van der Waals surface area contributed by atoms with Crippen LogP contribution in [-0.4, -0.2) is 16.9 Å². The van der Waals surface area contributed by atoms with Gasteiger partial charge in [-0.1, -0.05) is 6.07 Å². The second-order valence-corrected chi connectivity index (χ2v) is 5.01. The summed E-state index contributed by atoms with van der Waals surface area (Å²) in [6.45, 7) is 6.09. The predicted molar refractivity (Wildman–Crippen MR) is 76.4 cm³/mol. The number of hydrogen-bond acceptors (Lipinski definition) is 3. The van der Waals surface area contributed by atoms with E-state index in [1.807, 2.05) is 30.8 Å². The maximum Gasteiger partial charge on any atom is 0.124 e. The third-order valence-electron chi connectivity index (χ3n) is 3.38. The molecule has 1 aromatic carbocycles. The van der Waals surface area contributed by atoms with Gasteiger partial charge in [-0.05, 0) is 44.0 Å². The lowest BCUT2D eigenvalue weighted by molar-refractivity contribution is 0.406. The van der Waals surface area contributed by atoms with E-state index in [1.165, 1.54) is 5.56 Å². The van der Waals surface area contributed by atoms with Gasteiger partial charge in [0.15, 0.2) is 0 Å². The second kappa shape index (κ2) is 5.05. The maximum atomic E-state index is 6.42. The van der Waals surface area contributed by atoms with Crippen molar-refractivity contribution < 1.29 is 4.74 Å². The number of ether oxygens (including phenoxy) is 1. The van der Waals surface area contributed by atoms with Gasteiger partial charge >= 0.3 is 0 Å². The summed E-state index contributed by atoms with van der Waals surface area (Å²) in [6.07, 6.45) is 0. The number of benzene rings is 1. The molecular formula is C15H21N3O. The van der Waals surface area contributed by atoms with Gasteiger partial charge in [0.2, 0.25) is 0 Å². The molecule has 0 bridgehead atoms. The molecule has 0 aliphatic carbocycles. The minimum atomic E-state index is -0.234. The summed E-state index contributed by atoms with van der Waals surface area (Å²) in [7, 11) is 3.59. The molecule has 0 aliphatic rings. The molecule has 0 saturated heterocycles. The summed E-state index contributed by atoms with van der Waals surface area (Å²) in [4.78, 5) is 0. The molecule has 2 aromatic rings. The van der Waals surface area contributed by atoms with E-state index in [0.717, 1.165) is 28.3 Å². The Hall–Kier alpha value is -1.81. The molecule has 0 saturated carbocycles. The standard InChI is InChI=1S/C15H21N3O/c1-9-6-10(2)14(13(7-9)19-5)15(16)12-8-11(3)17-18(12)4/h6-8,15H,16H2,1-5H3. The third kappa shape index (κ3) is 2.49. The van der Waals surface area contributed by atoms with Crippen LogP contribution in [0, 0.1) is 20.8 Å². The quantitative estimate of drug-likeness (QED) is 0.921. The lowest BCUT2D eigenvalue weighted by Gasteiger charge is -2.19. The first kappa shape index (κ1) is 13.6. The normalized spacial score (nSPS) is 12.5. The van der Waals surface area contributed by atoms with Crippen LogP contribution in [0.2, 0.25) is 0 Å². The molecule has 0 fully saturated rings. The van der Waals surface area contributed by atoms with E-state index in [-0.39, 0.29) is 6.04 Å². The third-order valence-corrected chi connectivity index (χ3v) is 3.38. The van der Waals surface area contributed by atoms with Crippen molar-refractivity contribution in [3.05, 3.63) is 46.3 Å². The Morgan fingerprint density at radius 2 is 1.89 bits per heavy atom. The van der Waals surface area contributed by atoms with Gasteiger partial charge in [-0.25, -0.2) is 0 Å². The summed E-state index contributed by atoms with van der Waals surface area (Å²) in [5.41, 5.74) is 11.7. The monoisotopic (exact) mass is 259 g/mol. The fraction of sp³-hybridized carbons (Fsp3) is 0.400. The van der Waals surface area contributed by atoms with Crippen molar-refractivity contribution in [1.29, 1.82) is 0 Å². The van der Waals surface area contributed by atoms with Gasteiger partial charge in [-0.2, -0.15) is 5.10 Å². The molecule has 4 heteroatoms. The molecule has 1 aromatic heterocycles. The van der Waals surface area contributed by atoms with Crippen LogP contribution in [0.4, 0.5) is 0 Å². The molecule has 0 radical (unpaired) electrons. The van der Waals surface area contributed by atoms with Crippen molar-refractivity contribution in [1.82, 2.24) is 9.78 Å². The minimum absolute atomic E-state index is 0.234. The Morgan fingerprint density at radius 1 is 1.21 bits per heavy atom. The Balaban J connectivity index is 2.55. The molecular weight excluding hydrogens is 238 g/mol. The zero-order chi connectivity index (χ0) is 14.2. The highest BCUT2D eigenvalue weighted by Gasteiger charge is 2.20. The first-order valence-electron chi connectivity index (χ1n) is 6.35. The first-order valence-corrected chi connectivity index (χ1v) is 6.35. The first-order chi connectivity index (χ1) is 8.93. The van der Waals surface area contributed by atoms with Gasteiger partial charge in [0.25, 0.3) is 0 Å². The molecule has 0 spiro atoms. The number of nitrogens with zero attached hydrogens (tertiary/aromatic N) is 2. The topological polar surface area (TPSA) is 53.1 Å². The van der Waals surface area contributed by atoms with Crippen molar-refractivity contribution in [2.75, 3.05) is 7.11 Å². The SMILES string of the molecule is COc1cc(C)cc(C)c1C(N)c1cc(C)nn1C. The largest absolute Gasteiger partial charge is 0.496 e. The lowest BCUT2D eigenvalue weighted by atomic mass is 9.96. The number of aryl methyl sites for hydroxylation is 4. The highest BCUT2D eigenvalue weighted by atomic mass is 16.5. The van der Waals surface area contributed by atoms with Crippen molar-refractivity contribution in [3.63, 3.8) is 0 Å². The number of hydrogen-bond donors (Lipinski definition) is 1. The zero-order valence-electron chi connectivity index (χ0n) is 12.2. The molecule has 19 heavy (non-hydrogen) atoms. The number of methoxy groups -OCH3 is 1. The molecule has 1 atom stereocenters. The van der Waals surface area contributed by atoms with Crippen molar-refractivity contribution >= 4 is 0 Å². The van der Waals surface area contributed by atoms with Crippen LogP contribution in [0.15, 0.2) is 18.2 Å². The highest BCUT2D eigenvalue weighted by molar-refractivity contribution is 5.47. The second-order valence-electron chi connectivity index (χ2n) is 5.01. The predicted octanol–water partition coefficient (Wildman–Crippen LogP) is 2.40. The van der Waals surface area contributed by atoms with Crippen LogP contribution < -0.4 is 10.5 Å². The van der Waals surface area contributed by atoms with Gasteiger partial charge in [0.1, 0.15) is 5.75 Å². The fourth-order valence-corrected chi connectivity index (χ4v) is 2.58. The lowest BCUT2D eigenvalue weighted by Crippen LogP contribution is -2.18. The van der Waals surface area contributed by atoms with E-state index in [9.17, 15) is 0 Å². The highest BCUT2D eigenvalue weighted by Crippen LogP contribution is 2.32. The van der Waals surface area contributed by atoms with Crippen LogP contribution in [0.3, 0.4) is 0 Å². The summed E-state index contributed by atoms with van der Waals surface area (Å²) in [5.74, 6) is 0.837. The Labute approximate surface area is 114 Å². The zero-order valence-corrected chi connectivity index (χ0v) is 12.2. The van der Waals surface area contributed by atoms with Gasteiger partial charge < -0.3 is 10.5 Å². The van der Waals surface area contributed by atoms with Crippen LogP contribution >= 0.6 is 0 Å². The number of rotatable bonds is 3. The van der Waals surface area contributed by atoms with E-state index >= 15 is 0 Å². The fourth-order valence-electron chi connectivity index (χ4n) is 2.58. The van der Waals surface area contributed by atoms with E-state index in [2.05, 4.69) is 25.0 Å². The van der Waals surface area contributed by atoms with Crippen LogP contribution in [0.25, 0.3) is 0 Å². The summed E-state index contributed by atoms with van der Waals surface area (Å²) >= 11 is 0. The van der Waals surface area contributed by atoms with Gasteiger partial charge in [0, 0.05) is 12.6 Å². The molecule has 0 amide bonds. The van der Waals surface area contributed by atoms with Gasteiger partial charge in [-0.15, -0.1) is 0 Å².